The molecule has 0 amide bonds. The van der Waals surface area contributed by atoms with Crippen LogP contribution in [0.15, 0.2) is 114 Å². The van der Waals surface area contributed by atoms with Gasteiger partial charge in [0, 0.05) is 23.2 Å². The summed E-state index contributed by atoms with van der Waals surface area (Å²) >= 11 is 0. The normalized spacial score (nSPS) is 18.5. The number of para-hydroxylation sites is 1. The Hall–Kier alpha value is -4.90. The molecule has 0 saturated heterocycles. The first-order valence-electron chi connectivity index (χ1n) is 18.3. The fraction of sp³-hybridized carbons (Fsp3) is 0.333. The molecule has 50 heavy (non-hydrogen) atoms. The second kappa shape index (κ2) is 12.8. The highest BCUT2D eigenvalue weighted by Crippen LogP contribution is 2.52. The van der Waals surface area contributed by atoms with Crippen LogP contribution in [0.3, 0.4) is 0 Å². The zero-order chi connectivity index (χ0) is 34.5. The van der Waals surface area contributed by atoms with Gasteiger partial charge in [0.15, 0.2) is 0 Å². The third-order valence-electron chi connectivity index (χ3n) is 10.9. The Balaban J connectivity index is 1.20. The van der Waals surface area contributed by atoms with Crippen molar-refractivity contribution < 1.29 is 9.47 Å². The molecule has 254 valence electrons. The topological polar surface area (TPSA) is 47.0 Å². The average Bonchev–Trinajstić information content (AvgIpc) is 3.63. The molecule has 1 fully saturated rings. The lowest BCUT2D eigenvalue weighted by molar-refractivity contribution is 0.240. The molecule has 1 aliphatic carbocycles. The van der Waals surface area contributed by atoms with E-state index >= 15 is 0 Å². The maximum Gasteiger partial charge on any atom is 0.216 e. The Bertz CT molecular complexity index is 2050. The number of hydrogen-bond donors (Lipinski definition) is 0. The molecule has 3 aliphatic rings. The van der Waals surface area contributed by atoms with E-state index in [4.69, 9.17) is 19.5 Å². The molecule has 5 nitrogen and oxygen atoms in total. The van der Waals surface area contributed by atoms with Gasteiger partial charge in [-0.25, -0.2) is 9.98 Å². The molecular formula is C45H47N3O2. The van der Waals surface area contributed by atoms with Crippen LogP contribution < -0.4 is 9.64 Å². The van der Waals surface area contributed by atoms with Crippen molar-refractivity contribution in [1.29, 1.82) is 0 Å². The molecule has 0 spiro atoms. The number of rotatable bonds is 6. The number of aliphatic imine (C=N–C) groups is 1. The van der Waals surface area contributed by atoms with Gasteiger partial charge in [0.2, 0.25) is 5.90 Å². The Labute approximate surface area is 297 Å². The number of nitrogens with zero attached hydrogens (tertiary/aromatic N) is 3. The summed E-state index contributed by atoms with van der Waals surface area (Å²) in [6.07, 6.45) is 8.36. The highest BCUT2D eigenvalue weighted by Gasteiger charge is 2.38. The molecule has 5 aromatic rings. The van der Waals surface area contributed by atoms with Gasteiger partial charge in [0.25, 0.3) is 0 Å². The van der Waals surface area contributed by atoms with Crippen molar-refractivity contribution in [3.8, 4) is 22.6 Å². The second-order valence-corrected chi connectivity index (χ2v) is 15.7. The van der Waals surface area contributed by atoms with Crippen molar-refractivity contribution in [2.45, 2.75) is 83.6 Å². The summed E-state index contributed by atoms with van der Waals surface area (Å²) in [6, 6.07) is 36.7. The molecule has 0 bridgehead atoms. The lowest BCUT2D eigenvalue weighted by Crippen LogP contribution is -2.31. The van der Waals surface area contributed by atoms with Gasteiger partial charge in [0.05, 0.1) is 17.4 Å². The van der Waals surface area contributed by atoms with Crippen LogP contribution in [0.25, 0.3) is 11.1 Å². The zero-order valence-electron chi connectivity index (χ0n) is 29.9. The number of ether oxygens (including phenoxy) is 2. The molecule has 5 heteroatoms. The third kappa shape index (κ3) is 6.08. The summed E-state index contributed by atoms with van der Waals surface area (Å²) in [6.45, 7) is 12.0. The molecular weight excluding hydrogens is 615 g/mol. The molecule has 8 rings (SSSR count). The first kappa shape index (κ1) is 32.3. The van der Waals surface area contributed by atoms with Crippen molar-refractivity contribution >= 4 is 23.1 Å². The smallest absolute Gasteiger partial charge is 0.216 e. The molecule has 1 atom stereocenters. The van der Waals surface area contributed by atoms with Crippen LogP contribution in [-0.2, 0) is 15.6 Å². The number of hydrogen-bond acceptors (Lipinski definition) is 5. The Morgan fingerprint density at radius 2 is 1.46 bits per heavy atom. The quantitative estimate of drug-likeness (QED) is 0.182. The van der Waals surface area contributed by atoms with Crippen LogP contribution in [-0.4, -0.2) is 23.5 Å². The van der Waals surface area contributed by atoms with Gasteiger partial charge in [-0.15, -0.1) is 0 Å². The van der Waals surface area contributed by atoms with Crippen molar-refractivity contribution in [2.75, 3.05) is 11.5 Å². The molecule has 1 saturated carbocycles. The molecule has 2 aliphatic heterocycles. The van der Waals surface area contributed by atoms with Gasteiger partial charge in [-0.3, -0.25) is 4.90 Å². The average molecular weight is 662 g/mol. The van der Waals surface area contributed by atoms with E-state index < -0.39 is 0 Å². The molecule has 3 heterocycles. The summed E-state index contributed by atoms with van der Waals surface area (Å²) in [5.41, 5.74) is 8.89. The van der Waals surface area contributed by atoms with Gasteiger partial charge in [-0.05, 0) is 94.5 Å². The van der Waals surface area contributed by atoms with E-state index in [1.54, 1.807) is 0 Å². The Kier molecular flexibility index (Phi) is 8.25. The molecule has 0 N–H and O–H groups in total. The number of pyridine rings is 1. The maximum atomic E-state index is 6.81. The number of fused-ring (bicyclic) bond motifs is 2. The largest absolute Gasteiger partial charge is 0.475 e. The lowest BCUT2D eigenvalue weighted by Gasteiger charge is -2.41. The van der Waals surface area contributed by atoms with Crippen LogP contribution in [0.4, 0.5) is 17.2 Å². The first-order chi connectivity index (χ1) is 24.1. The molecule has 1 aromatic heterocycles. The molecule has 0 radical (unpaired) electrons. The standard InChI is InChI=1S/C45H47N3O2/c1-44(2,3)34-22-23-46-42(27-34)48-40-19-13-12-18-37(40)45(4,5)38-21-20-35(28-41(38)48)50-36-25-32(30-14-8-6-9-15-30)24-33(26-36)43-47-39(29-49-43)31-16-10-7-11-17-31/h6,8-9,12-15,18-28,31,39H,7,10-11,16-17,29H2,1-5H3/t39-/m0/s1. The van der Waals surface area contributed by atoms with Crippen molar-refractivity contribution in [3.05, 3.63) is 132 Å². The number of benzene rings is 4. The van der Waals surface area contributed by atoms with Gasteiger partial charge in [-0.1, -0.05) is 108 Å². The first-order valence-corrected chi connectivity index (χ1v) is 18.3. The zero-order valence-corrected chi connectivity index (χ0v) is 29.9. The summed E-state index contributed by atoms with van der Waals surface area (Å²) in [5.74, 6) is 3.75. The van der Waals surface area contributed by atoms with E-state index in [0.717, 1.165) is 51.3 Å². The van der Waals surface area contributed by atoms with E-state index in [9.17, 15) is 0 Å². The van der Waals surface area contributed by atoms with Crippen molar-refractivity contribution in [3.63, 3.8) is 0 Å². The fourth-order valence-electron chi connectivity index (χ4n) is 8.04. The minimum atomic E-state index is -0.212. The molecule has 4 aromatic carbocycles. The predicted octanol–water partition coefficient (Wildman–Crippen LogP) is 11.7. The Morgan fingerprint density at radius 1 is 0.720 bits per heavy atom. The van der Waals surface area contributed by atoms with Gasteiger partial charge >= 0.3 is 0 Å². The van der Waals surface area contributed by atoms with E-state index in [-0.39, 0.29) is 16.9 Å². The minimum absolute atomic E-state index is 0.00865. The summed E-state index contributed by atoms with van der Waals surface area (Å²) < 4.78 is 13.1. The summed E-state index contributed by atoms with van der Waals surface area (Å²) in [4.78, 5) is 12.4. The number of aromatic nitrogens is 1. The summed E-state index contributed by atoms with van der Waals surface area (Å²) in [5, 5.41) is 0. The Morgan fingerprint density at radius 3 is 2.26 bits per heavy atom. The predicted molar refractivity (Wildman–Crippen MR) is 205 cm³/mol. The SMILES string of the molecule is CC(C)(C)c1ccnc(N2c3ccccc3C(C)(C)c3ccc(Oc4cc(C5=N[C@H](C6CCCCC6)CO5)cc(-c5ccccc5)c4)cc32)c1. The fourth-order valence-corrected chi connectivity index (χ4v) is 8.04. The van der Waals surface area contributed by atoms with Gasteiger partial charge < -0.3 is 9.47 Å². The highest BCUT2D eigenvalue weighted by molar-refractivity contribution is 5.97. The van der Waals surface area contributed by atoms with E-state index in [0.29, 0.717) is 12.5 Å². The highest BCUT2D eigenvalue weighted by atomic mass is 16.5. The van der Waals surface area contributed by atoms with E-state index in [2.05, 4.69) is 137 Å². The van der Waals surface area contributed by atoms with Crippen LogP contribution in [0, 0.1) is 5.92 Å². The van der Waals surface area contributed by atoms with Gasteiger partial charge in [-0.2, -0.15) is 0 Å². The second-order valence-electron chi connectivity index (χ2n) is 15.7. The van der Waals surface area contributed by atoms with Crippen LogP contribution in [0.5, 0.6) is 11.5 Å². The van der Waals surface area contributed by atoms with Crippen molar-refractivity contribution in [2.24, 2.45) is 10.9 Å². The van der Waals surface area contributed by atoms with Crippen LogP contribution in [0.1, 0.15) is 89.0 Å². The van der Waals surface area contributed by atoms with Crippen LogP contribution >= 0.6 is 0 Å². The molecule has 0 unspecified atom stereocenters. The summed E-state index contributed by atoms with van der Waals surface area (Å²) in [7, 11) is 0. The monoisotopic (exact) mass is 661 g/mol. The third-order valence-corrected chi connectivity index (χ3v) is 10.9. The van der Waals surface area contributed by atoms with Crippen LogP contribution in [0.2, 0.25) is 0 Å². The minimum Gasteiger partial charge on any atom is -0.475 e. The lowest BCUT2D eigenvalue weighted by atomic mass is 9.73. The van der Waals surface area contributed by atoms with Gasteiger partial charge in [0.1, 0.15) is 23.9 Å². The van der Waals surface area contributed by atoms with E-state index in [1.807, 2.05) is 12.3 Å². The van der Waals surface area contributed by atoms with Crippen molar-refractivity contribution in [1.82, 2.24) is 4.98 Å². The number of anilines is 3. The van der Waals surface area contributed by atoms with E-state index in [1.165, 1.54) is 48.8 Å². The maximum absolute atomic E-state index is 6.81.